The quantitative estimate of drug-likeness (QED) is 0.256. The van der Waals surface area contributed by atoms with Crippen molar-refractivity contribution >= 4 is 45.9 Å². The number of amides is 2. The van der Waals surface area contributed by atoms with Crippen molar-refractivity contribution in [3.63, 3.8) is 0 Å². The van der Waals surface area contributed by atoms with Crippen molar-refractivity contribution in [1.29, 1.82) is 0 Å². The minimum Gasteiger partial charge on any atom is -0.354 e. The molecule has 38 heavy (non-hydrogen) atoms. The van der Waals surface area contributed by atoms with Crippen molar-refractivity contribution in [3.05, 3.63) is 131 Å². The fourth-order valence-corrected chi connectivity index (χ4v) is 5.60. The van der Waals surface area contributed by atoms with Gasteiger partial charge in [0, 0.05) is 32.9 Å². The predicted molar refractivity (Wildman–Crippen MR) is 156 cm³/mol. The van der Waals surface area contributed by atoms with E-state index in [0.717, 1.165) is 38.6 Å². The molecule has 2 amide bonds. The fourth-order valence-electron chi connectivity index (χ4n) is 4.83. The van der Waals surface area contributed by atoms with Crippen molar-refractivity contribution in [1.82, 2.24) is 0 Å². The second kappa shape index (κ2) is 10.00. The number of carbonyl (C=O) groups excluding carboxylic acids is 2. The molecule has 6 rings (SSSR count). The highest BCUT2D eigenvalue weighted by Crippen LogP contribution is 2.36. The molecule has 0 aliphatic carbocycles. The first-order chi connectivity index (χ1) is 18.6. The van der Waals surface area contributed by atoms with Gasteiger partial charge >= 0.3 is 0 Å². The second-order valence-electron chi connectivity index (χ2n) is 9.20. The zero-order valence-corrected chi connectivity index (χ0v) is 21.6. The third-order valence-electron chi connectivity index (χ3n) is 6.73. The summed E-state index contributed by atoms with van der Waals surface area (Å²) >= 11 is 1.60. The number of nitrogens with zero attached hydrogens (tertiary/aromatic N) is 1. The van der Waals surface area contributed by atoms with E-state index in [1.165, 1.54) is 0 Å². The summed E-state index contributed by atoms with van der Waals surface area (Å²) in [6, 6.07) is 32.9. The Hall–Kier alpha value is -4.68. The monoisotopic (exact) mass is 515 g/mol. The summed E-state index contributed by atoms with van der Waals surface area (Å²) in [5.74, 6) is -0.272. The first-order valence-electron chi connectivity index (χ1n) is 12.4. The van der Waals surface area contributed by atoms with Crippen LogP contribution in [-0.4, -0.2) is 11.8 Å². The van der Waals surface area contributed by atoms with Crippen LogP contribution < -0.4 is 15.5 Å². The highest BCUT2D eigenvalue weighted by Gasteiger charge is 2.26. The Labute approximate surface area is 225 Å². The van der Waals surface area contributed by atoms with Gasteiger partial charge in [0.1, 0.15) is 0 Å². The van der Waals surface area contributed by atoms with Gasteiger partial charge in [-0.1, -0.05) is 54.6 Å². The summed E-state index contributed by atoms with van der Waals surface area (Å²) in [7, 11) is 0. The first-order valence-corrected chi connectivity index (χ1v) is 13.3. The Morgan fingerprint density at radius 2 is 1.58 bits per heavy atom. The van der Waals surface area contributed by atoms with E-state index in [9.17, 15) is 9.59 Å². The smallest absolute Gasteiger partial charge is 0.258 e. The lowest BCUT2D eigenvalue weighted by molar-refractivity contribution is 0.0983. The van der Waals surface area contributed by atoms with E-state index < -0.39 is 0 Å². The number of benzene rings is 4. The molecule has 2 N–H and O–H groups in total. The van der Waals surface area contributed by atoms with Crippen LogP contribution in [0.5, 0.6) is 0 Å². The van der Waals surface area contributed by atoms with E-state index in [4.69, 9.17) is 0 Å². The Balaban J connectivity index is 1.28. The maximum Gasteiger partial charge on any atom is 0.258 e. The van der Waals surface area contributed by atoms with Gasteiger partial charge in [-0.25, -0.2) is 0 Å². The lowest BCUT2D eigenvalue weighted by Gasteiger charge is -2.24. The summed E-state index contributed by atoms with van der Waals surface area (Å²) in [5.41, 5.74) is 7.30. The molecule has 0 fully saturated rings. The highest BCUT2D eigenvalue weighted by atomic mass is 32.1. The van der Waals surface area contributed by atoms with Crippen LogP contribution in [-0.2, 0) is 6.54 Å². The predicted octanol–water partition coefficient (Wildman–Crippen LogP) is 7.88. The number of thiophene rings is 1. The van der Waals surface area contributed by atoms with Crippen molar-refractivity contribution in [2.45, 2.75) is 13.5 Å². The molecular weight excluding hydrogens is 490 g/mol. The summed E-state index contributed by atoms with van der Waals surface area (Å²) in [6.07, 6.45) is 0. The molecule has 0 atom stereocenters. The van der Waals surface area contributed by atoms with Crippen LogP contribution in [0.15, 0.2) is 109 Å². The molecule has 0 spiro atoms. The van der Waals surface area contributed by atoms with Gasteiger partial charge < -0.3 is 15.5 Å². The van der Waals surface area contributed by atoms with Crippen LogP contribution in [0.2, 0.25) is 0 Å². The Morgan fingerprint density at radius 1 is 0.816 bits per heavy atom. The van der Waals surface area contributed by atoms with Gasteiger partial charge in [-0.3, -0.25) is 9.59 Å². The van der Waals surface area contributed by atoms with E-state index in [-0.39, 0.29) is 11.8 Å². The van der Waals surface area contributed by atoms with Crippen molar-refractivity contribution < 1.29 is 9.59 Å². The molecular formula is C32H25N3O2S. The van der Waals surface area contributed by atoms with Crippen LogP contribution in [0.1, 0.15) is 31.8 Å². The lowest BCUT2D eigenvalue weighted by atomic mass is 10.0. The number of hydrogen-bond acceptors (Lipinski definition) is 4. The van der Waals surface area contributed by atoms with Crippen LogP contribution in [0.25, 0.3) is 10.4 Å². The maximum atomic E-state index is 13.9. The molecule has 1 aromatic heterocycles. The second-order valence-corrected chi connectivity index (χ2v) is 10.1. The van der Waals surface area contributed by atoms with Gasteiger partial charge in [0.05, 0.1) is 17.9 Å². The van der Waals surface area contributed by atoms with Gasteiger partial charge in [0.2, 0.25) is 0 Å². The number of nitrogens with one attached hydrogen (secondary N) is 2. The number of para-hydroxylation sites is 3. The molecule has 5 nitrogen and oxygen atoms in total. The van der Waals surface area contributed by atoms with Gasteiger partial charge in [-0.05, 0) is 72.0 Å². The molecule has 0 unspecified atom stereocenters. The summed E-state index contributed by atoms with van der Waals surface area (Å²) in [4.78, 5) is 30.0. The first kappa shape index (κ1) is 23.7. The van der Waals surface area contributed by atoms with E-state index >= 15 is 0 Å². The summed E-state index contributed by atoms with van der Waals surface area (Å²) in [6.45, 7) is 2.36. The zero-order valence-electron chi connectivity index (χ0n) is 20.8. The Bertz CT molecular complexity index is 1660. The molecule has 2 heterocycles. The maximum absolute atomic E-state index is 13.9. The molecule has 4 aromatic carbocycles. The SMILES string of the molecule is Cc1cc(NC(=O)c2ccccc2-c2cccs2)ccc1C(=O)N1Cc2ccccc2Nc2ccccc21. The average Bonchev–Trinajstić information content (AvgIpc) is 3.42. The van der Waals surface area contributed by atoms with Crippen LogP contribution in [0.4, 0.5) is 22.7 Å². The van der Waals surface area contributed by atoms with E-state index in [1.54, 1.807) is 23.5 Å². The van der Waals surface area contributed by atoms with Gasteiger partial charge in [-0.2, -0.15) is 0 Å². The molecule has 0 bridgehead atoms. The summed E-state index contributed by atoms with van der Waals surface area (Å²) < 4.78 is 0. The topological polar surface area (TPSA) is 61.4 Å². The number of aryl methyl sites for hydroxylation is 1. The molecule has 0 radical (unpaired) electrons. The number of fused-ring (bicyclic) bond motifs is 2. The van der Waals surface area contributed by atoms with Crippen molar-refractivity contribution in [2.24, 2.45) is 0 Å². The van der Waals surface area contributed by atoms with Crippen molar-refractivity contribution in [3.8, 4) is 10.4 Å². The molecule has 1 aliphatic heterocycles. The Morgan fingerprint density at radius 3 is 2.39 bits per heavy atom. The lowest BCUT2D eigenvalue weighted by Crippen LogP contribution is -2.30. The van der Waals surface area contributed by atoms with E-state index in [2.05, 4.69) is 10.6 Å². The number of hydrogen-bond donors (Lipinski definition) is 2. The highest BCUT2D eigenvalue weighted by molar-refractivity contribution is 7.13. The van der Waals surface area contributed by atoms with Crippen LogP contribution in [0.3, 0.4) is 0 Å². The third kappa shape index (κ3) is 4.46. The van der Waals surface area contributed by atoms with E-state index in [0.29, 0.717) is 23.4 Å². The molecule has 5 aromatic rings. The zero-order chi connectivity index (χ0) is 26.1. The number of anilines is 4. The molecule has 1 aliphatic rings. The number of carbonyl (C=O) groups is 2. The summed E-state index contributed by atoms with van der Waals surface area (Å²) in [5, 5.41) is 8.49. The van der Waals surface area contributed by atoms with Gasteiger partial charge in [0.25, 0.3) is 11.8 Å². The van der Waals surface area contributed by atoms with Crippen molar-refractivity contribution in [2.75, 3.05) is 15.5 Å². The third-order valence-corrected chi connectivity index (χ3v) is 7.63. The molecule has 0 saturated heterocycles. The normalized spacial score (nSPS) is 12.1. The van der Waals surface area contributed by atoms with E-state index in [1.807, 2.05) is 108 Å². The van der Waals surface area contributed by atoms with Crippen LogP contribution >= 0.6 is 11.3 Å². The molecule has 6 heteroatoms. The average molecular weight is 516 g/mol. The minimum absolute atomic E-state index is 0.0885. The van der Waals surface area contributed by atoms with Crippen LogP contribution in [0, 0.1) is 6.92 Å². The Kier molecular flexibility index (Phi) is 6.23. The van der Waals surface area contributed by atoms with Gasteiger partial charge in [0.15, 0.2) is 0 Å². The number of rotatable bonds is 4. The molecule has 186 valence electrons. The molecule has 0 saturated carbocycles. The largest absolute Gasteiger partial charge is 0.354 e. The minimum atomic E-state index is -0.184. The fraction of sp³-hybridized carbons (Fsp3) is 0.0625. The standard InChI is InChI=1S/C32H25N3O2S/c1-21-19-23(33-31(36)26-11-4-3-10-25(26)30-15-8-18-38-30)16-17-24(21)32(37)35-20-22-9-2-5-12-27(22)34-28-13-6-7-14-29(28)35/h2-19,34H,20H2,1H3,(H,33,36). The van der Waals surface area contributed by atoms with Gasteiger partial charge in [-0.15, -0.1) is 11.3 Å².